The molecule has 0 aromatic heterocycles. The summed E-state index contributed by atoms with van der Waals surface area (Å²) in [6.45, 7) is 2.70. The molecule has 0 aromatic carbocycles. The third-order valence-corrected chi connectivity index (χ3v) is 2.03. The fourth-order valence-corrected chi connectivity index (χ4v) is 0.831. The number of carboxylic acids is 1. The van der Waals surface area contributed by atoms with Crippen molar-refractivity contribution in [3.05, 3.63) is 0 Å². The second-order valence-electron chi connectivity index (χ2n) is 3.98. The second-order valence-corrected chi connectivity index (χ2v) is 3.98. The predicted molar refractivity (Wildman–Crippen MR) is 75.3 cm³/mol. The van der Waals surface area contributed by atoms with Gasteiger partial charge in [0.2, 0.25) is 5.91 Å². The Bertz CT molecular complexity index is 268. The van der Waals surface area contributed by atoms with Crippen molar-refractivity contribution in [3.63, 3.8) is 0 Å². The summed E-state index contributed by atoms with van der Waals surface area (Å²) in [6.07, 6.45) is -1.55. The van der Waals surface area contributed by atoms with Crippen LogP contribution in [-0.4, -0.2) is 122 Å². The molecule has 4 N–H and O–H groups in total. The van der Waals surface area contributed by atoms with E-state index in [0.29, 0.717) is 0 Å². The average Bonchev–Trinajstić information content (AvgIpc) is 2.15. The minimum Gasteiger partial charge on any atom is -1.00 e. The Balaban J connectivity index is -0.0000000467. The molecule has 6 nitrogen and oxygen atoms in total. The van der Waals surface area contributed by atoms with Crippen LogP contribution in [0.15, 0.2) is 0 Å². The summed E-state index contributed by atoms with van der Waals surface area (Å²) >= 11 is 0. The van der Waals surface area contributed by atoms with Crippen LogP contribution in [0.3, 0.4) is 0 Å². The molecule has 1 atom stereocenters. The largest absolute Gasteiger partial charge is 2.00 e. The molecule has 0 fully saturated rings. The summed E-state index contributed by atoms with van der Waals surface area (Å²) in [5.41, 5.74) is -0.937. The molecule has 18 heavy (non-hydrogen) atoms. The number of aliphatic hydroxyl groups excluding tert-OH is 2. The Morgan fingerprint density at radius 2 is 1.78 bits per heavy atom. The van der Waals surface area contributed by atoms with Gasteiger partial charge in [-0.1, -0.05) is 13.8 Å². The number of halogens is 1. The first-order valence-electron chi connectivity index (χ1n) is 4.59. The van der Waals surface area contributed by atoms with Crippen molar-refractivity contribution in [2.75, 3.05) is 13.2 Å². The van der Waals surface area contributed by atoms with Crippen molar-refractivity contribution in [2.45, 2.75) is 26.4 Å². The Morgan fingerprint density at radius 1 is 1.33 bits per heavy atom. The van der Waals surface area contributed by atoms with E-state index in [-0.39, 0.29) is 113 Å². The van der Waals surface area contributed by atoms with E-state index in [1.165, 1.54) is 13.8 Å². The molecule has 0 spiro atoms. The fourth-order valence-electron chi connectivity index (χ4n) is 0.831. The topological polar surface area (TPSA) is 107 Å². The third-order valence-electron chi connectivity index (χ3n) is 2.03. The molecule has 104 valence electrons. The maximum atomic E-state index is 11.3. The van der Waals surface area contributed by atoms with Crippen LogP contribution in [0.5, 0.6) is 0 Å². The summed E-state index contributed by atoms with van der Waals surface area (Å²) in [5, 5.41) is 29.0. The Labute approximate surface area is 178 Å². The van der Waals surface area contributed by atoms with E-state index in [9.17, 15) is 14.7 Å². The summed E-state index contributed by atoms with van der Waals surface area (Å²) in [7, 11) is 0. The zero-order valence-corrected chi connectivity index (χ0v) is 15.9. The normalized spacial score (nSPS) is 11.1. The maximum absolute atomic E-state index is 11.3. The van der Waals surface area contributed by atoms with E-state index < -0.39 is 23.4 Å². The third kappa shape index (κ3) is 11.5. The zero-order chi connectivity index (χ0) is 12.1. The van der Waals surface area contributed by atoms with Gasteiger partial charge in [0.1, 0.15) is 6.10 Å². The molecule has 0 heterocycles. The molecule has 0 saturated heterocycles. The molecule has 0 unspecified atom stereocenters. The van der Waals surface area contributed by atoms with Gasteiger partial charge in [-0.2, -0.15) is 0 Å². The summed E-state index contributed by atoms with van der Waals surface area (Å²) in [4.78, 5) is 21.4. The number of carbonyl (C=O) groups is 2. The van der Waals surface area contributed by atoms with Crippen molar-refractivity contribution >= 4 is 99.8 Å². The number of hydrogen-bond donors (Lipinski definition) is 4. The molecular weight excluding hydrogens is 318 g/mol. The second kappa shape index (κ2) is 13.6. The van der Waals surface area contributed by atoms with Crippen LogP contribution < -0.4 is 5.32 Å². The van der Waals surface area contributed by atoms with Crippen molar-refractivity contribution < 1.29 is 30.6 Å². The number of aliphatic carboxylic acids is 1. The van der Waals surface area contributed by atoms with Crippen LogP contribution in [-0.2, 0) is 9.59 Å². The SMILES string of the molecule is CC(C)(CO)[C@@H](O)C(=O)NCCC(=O)O.Cl.[Ca+2].[Ca+2].[H-].[H-].[H-].[H-]. The molecule has 0 rings (SSSR count). The maximum Gasteiger partial charge on any atom is 2.00 e. The molecular formula is C9H22Ca2ClNO5. The van der Waals surface area contributed by atoms with Gasteiger partial charge in [0.05, 0.1) is 13.0 Å². The minimum absolute atomic E-state index is 0. The molecule has 0 aliphatic carbocycles. The van der Waals surface area contributed by atoms with E-state index in [1.807, 2.05) is 0 Å². The molecule has 0 radical (unpaired) electrons. The van der Waals surface area contributed by atoms with E-state index >= 15 is 0 Å². The monoisotopic (exact) mass is 339 g/mol. The van der Waals surface area contributed by atoms with E-state index in [4.69, 9.17) is 10.2 Å². The first-order valence-corrected chi connectivity index (χ1v) is 4.59. The van der Waals surface area contributed by atoms with E-state index in [1.54, 1.807) is 0 Å². The van der Waals surface area contributed by atoms with Gasteiger partial charge < -0.3 is 26.3 Å². The van der Waals surface area contributed by atoms with Gasteiger partial charge in [-0.15, -0.1) is 12.4 Å². The van der Waals surface area contributed by atoms with Crippen molar-refractivity contribution in [3.8, 4) is 0 Å². The van der Waals surface area contributed by atoms with E-state index in [2.05, 4.69) is 5.32 Å². The molecule has 0 aliphatic rings. The average molecular weight is 340 g/mol. The van der Waals surface area contributed by atoms with Gasteiger partial charge in [-0.3, -0.25) is 9.59 Å². The molecule has 0 aliphatic heterocycles. The number of rotatable bonds is 6. The van der Waals surface area contributed by atoms with E-state index in [0.717, 1.165) is 0 Å². The number of amides is 1. The van der Waals surface area contributed by atoms with Crippen LogP contribution in [0.25, 0.3) is 0 Å². The quantitative estimate of drug-likeness (QED) is 0.468. The van der Waals surface area contributed by atoms with Crippen LogP contribution in [0.1, 0.15) is 26.0 Å². The van der Waals surface area contributed by atoms with Gasteiger partial charge in [-0.05, 0) is 0 Å². The molecule has 0 bridgehead atoms. The zero-order valence-electron chi connectivity index (χ0n) is 14.7. The van der Waals surface area contributed by atoms with Crippen LogP contribution in [0, 0.1) is 5.41 Å². The summed E-state index contributed by atoms with van der Waals surface area (Å²) in [6, 6.07) is 0. The van der Waals surface area contributed by atoms with Gasteiger partial charge in [0, 0.05) is 12.0 Å². The number of aliphatic hydroxyl groups is 2. The number of carbonyl (C=O) groups excluding carboxylic acids is 1. The van der Waals surface area contributed by atoms with Crippen LogP contribution >= 0.6 is 12.4 Å². The number of nitrogens with one attached hydrogen (secondary N) is 1. The van der Waals surface area contributed by atoms with Gasteiger partial charge >= 0.3 is 81.4 Å². The Morgan fingerprint density at radius 3 is 2.11 bits per heavy atom. The number of hydrogen-bond acceptors (Lipinski definition) is 4. The van der Waals surface area contributed by atoms with Crippen molar-refractivity contribution in [1.29, 1.82) is 0 Å². The van der Waals surface area contributed by atoms with Crippen molar-refractivity contribution in [2.24, 2.45) is 5.41 Å². The van der Waals surface area contributed by atoms with Crippen LogP contribution in [0.4, 0.5) is 0 Å². The van der Waals surface area contributed by atoms with Gasteiger partial charge in [0.15, 0.2) is 0 Å². The first-order chi connectivity index (χ1) is 6.81. The molecule has 0 saturated carbocycles. The Kier molecular flexibility index (Phi) is 21.2. The predicted octanol–water partition coefficient (Wildman–Crippen LogP) is -0.933. The first kappa shape index (κ1) is 27.9. The minimum atomic E-state index is -1.35. The van der Waals surface area contributed by atoms with Gasteiger partial charge in [-0.25, -0.2) is 0 Å². The molecule has 1 amide bonds. The number of carboxylic acid groups (broad SMARTS) is 1. The summed E-state index contributed by atoms with van der Waals surface area (Å²) < 4.78 is 0. The van der Waals surface area contributed by atoms with Gasteiger partial charge in [0.25, 0.3) is 0 Å². The summed E-state index contributed by atoms with van der Waals surface area (Å²) in [5.74, 6) is -1.69. The standard InChI is InChI=1S/C9H17NO5.2Ca.ClH.4H/c1-9(2,5-11)7(14)8(15)10-4-3-6(12)13;;;;;;;/h7,11,14H,3-5H2,1-2H3,(H,10,15)(H,12,13);;;1H;;;;/q;2*+2;;4*-1/t7-;;;;;;;/m0......./s1. The Hall–Kier alpha value is 1.67. The smallest absolute Gasteiger partial charge is 1.00 e. The van der Waals surface area contributed by atoms with Crippen LogP contribution in [0.2, 0.25) is 0 Å². The fraction of sp³-hybridized carbons (Fsp3) is 0.778. The molecule has 0 aromatic rings. The van der Waals surface area contributed by atoms with Crippen molar-refractivity contribution in [1.82, 2.24) is 5.32 Å². The molecule has 9 heteroatoms.